The molecule has 8 nitrogen and oxygen atoms in total. The summed E-state index contributed by atoms with van der Waals surface area (Å²) < 4.78 is 10.7. The van der Waals surface area contributed by atoms with Gasteiger partial charge in [-0.25, -0.2) is 4.90 Å². The minimum absolute atomic E-state index is 0.0484. The van der Waals surface area contributed by atoms with Crippen LogP contribution in [0.3, 0.4) is 0 Å². The summed E-state index contributed by atoms with van der Waals surface area (Å²) in [4.78, 5) is 54.4. The van der Waals surface area contributed by atoms with E-state index in [9.17, 15) is 19.2 Å². The van der Waals surface area contributed by atoms with E-state index in [1.54, 1.807) is 60.5 Å². The van der Waals surface area contributed by atoms with E-state index < -0.39 is 11.9 Å². The van der Waals surface area contributed by atoms with E-state index in [2.05, 4.69) is 12.2 Å². The number of carbonyl (C=O) groups excluding carboxylic acids is 4. The first-order valence-electron chi connectivity index (χ1n) is 11.8. The van der Waals surface area contributed by atoms with Crippen molar-refractivity contribution in [1.82, 2.24) is 0 Å². The molecule has 5 atom stereocenters. The molecule has 2 bridgehead atoms. The van der Waals surface area contributed by atoms with Crippen LogP contribution in [0.1, 0.15) is 12.8 Å². The molecule has 0 N–H and O–H groups in total. The summed E-state index contributed by atoms with van der Waals surface area (Å²) in [5.74, 6) is -1.09. The van der Waals surface area contributed by atoms with Gasteiger partial charge in [0.2, 0.25) is 17.7 Å². The Morgan fingerprint density at radius 3 is 2.23 bits per heavy atom. The number of esters is 1. The lowest BCUT2D eigenvalue weighted by Gasteiger charge is -2.18. The normalized spacial score (nSPS) is 28.7. The van der Waals surface area contributed by atoms with Gasteiger partial charge in [0.15, 0.2) is 0 Å². The summed E-state index contributed by atoms with van der Waals surface area (Å²) in [5.41, 5.74) is 1.09. The van der Waals surface area contributed by atoms with E-state index in [4.69, 9.17) is 9.47 Å². The van der Waals surface area contributed by atoms with Gasteiger partial charge in [0.25, 0.3) is 0 Å². The molecule has 2 aromatic rings. The average Bonchev–Trinajstić information content (AvgIpc) is 3.63. The molecule has 4 aliphatic rings. The van der Waals surface area contributed by atoms with Gasteiger partial charge in [0.05, 0.1) is 30.6 Å². The maximum absolute atomic E-state index is 13.1. The van der Waals surface area contributed by atoms with Gasteiger partial charge in [0.1, 0.15) is 11.5 Å². The van der Waals surface area contributed by atoms with Gasteiger partial charge in [-0.05, 0) is 54.7 Å². The van der Waals surface area contributed by atoms with Crippen molar-refractivity contribution in [2.75, 3.05) is 23.5 Å². The number of hydrogen-bond donors (Lipinski definition) is 0. The third-order valence-corrected chi connectivity index (χ3v) is 7.61. The van der Waals surface area contributed by atoms with Crippen LogP contribution < -0.4 is 19.3 Å². The molecule has 8 heteroatoms. The molecule has 0 spiro atoms. The molecule has 2 aliphatic heterocycles. The Morgan fingerprint density at radius 2 is 1.57 bits per heavy atom. The molecule has 178 valence electrons. The van der Waals surface area contributed by atoms with Crippen LogP contribution in [0, 0.1) is 29.6 Å². The predicted octanol–water partition coefficient (Wildman–Crippen LogP) is 2.97. The Labute approximate surface area is 202 Å². The zero-order chi connectivity index (χ0) is 24.3. The number of carbonyl (C=O) groups is 4. The molecule has 3 fully saturated rings. The molecule has 35 heavy (non-hydrogen) atoms. The summed E-state index contributed by atoms with van der Waals surface area (Å²) in [5, 5.41) is 0. The fourth-order valence-corrected chi connectivity index (χ4v) is 5.92. The van der Waals surface area contributed by atoms with Crippen molar-refractivity contribution in [1.29, 1.82) is 0 Å². The van der Waals surface area contributed by atoms with Crippen molar-refractivity contribution in [3.63, 3.8) is 0 Å². The van der Waals surface area contributed by atoms with Crippen LogP contribution in [0.2, 0.25) is 0 Å². The summed E-state index contributed by atoms with van der Waals surface area (Å²) in [6, 6.07) is 13.5. The second kappa shape index (κ2) is 8.08. The monoisotopic (exact) mass is 472 g/mol. The van der Waals surface area contributed by atoms with Crippen molar-refractivity contribution in [2.45, 2.75) is 12.8 Å². The molecule has 2 saturated heterocycles. The Hall–Kier alpha value is -3.94. The molecule has 0 unspecified atom stereocenters. The lowest BCUT2D eigenvalue weighted by Crippen LogP contribution is -2.32. The van der Waals surface area contributed by atoms with Crippen molar-refractivity contribution in [3.8, 4) is 11.5 Å². The molecule has 0 aromatic heterocycles. The van der Waals surface area contributed by atoms with Crippen LogP contribution in [-0.2, 0) is 19.2 Å². The molecule has 2 heterocycles. The molecule has 2 aromatic carbocycles. The van der Waals surface area contributed by atoms with Gasteiger partial charge < -0.3 is 14.4 Å². The second-order valence-electron chi connectivity index (χ2n) is 9.53. The SMILES string of the molecule is COc1ccc(N2C[C@@H](C(=O)Oc3cccc(N4C(=O)[C@@H]5[C@@H](C4=O)[C@H]4C=C[C@H]5C4)c3)CC2=O)cc1. The number of hydrogen-bond acceptors (Lipinski definition) is 6. The predicted molar refractivity (Wildman–Crippen MR) is 126 cm³/mol. The van der Waals surface area contributed by atoms with Crippen LogP contribution in [0.15, 0.2) is 60.7 Å². The van der Waals surface area contributed by atoms with Gasteiger partial charge in [-0.3, -0.25) is 19.2 Å². The smallest absolute Gasteiger partial charge is 0.316 e. The third kappa shape index (κ3) is 3.43. The first-order valence-corrected chi connectivity index (χ1v) is 11.8. The summed E-state index contributed by atoms with van der Waals surface area (Å²) in [6.07, 6.45) is 5.02. The highest BCUT2D eigenvalue weighted by Gasteiger charge is 2.59. The molecule has 0 radical (unpaired) electrons. The number of ether oxygens (including phenoxy) is 2. The Kier molecular flexibility index (Phi) is 4.98. The Morgan fingerprint density at radius 1 is 0.886 bits per heavy atom. The maximum Gasteiger partial charge on any atom is 0.316 e. The van der Waals surface area contributed by atoms with Crippen molar-refractivity contribution in [2.24, 2.45) is 29.6 Å². The zero-order valence-electron chi connectivity index (χ0n) is 19.1. The Bertz CT molecular complexity index is 1240. The van der Waals surface area contributed by atoms with Crippen molar-refractivity contribution in [3.05, 3.63) is 60.7 Å². The molecule has 2 aliphatic carbocycles. The van der Waals surface area contributed by atoms with E-state index in [1.165, 1.54) is 4.90 Å². The fraction of sp³-hybridized carbons (Fsp3) is 0.333. The van der Waals surface area contributed by atoms with E-state index in [1.807, 2.05) is 0 Å². The van der Waals surface area contributed by atoms with E-state index in [0.717, 1.165) is 6.42 Å². The van der Waals surface area contributed by atoms with Crippen LogP contribution in [0.5, 0.6) is 11.5 Å². The minimum atomic E-state index is -0.621. The van der Waals surface area contributed by atoms with Crippen molar-refractivity contribution >= 4 is 35.1 Å². The largest absolute Gasteiger partial charge is 0.497 e. The molecule has 3 amide bonds. The van der Waals surface area contributed by atoms with E-state index >= 15 is 0 Å². The van der Waals surface area contributed by atoms with Crippen LogP contribution in [-0.4, -0.2) is 37.3 Å². The highest BCUT2D eigenvalue weighted by atomic mass is 16.5. The number of amides is 3. The number of imide groups is 1. The van der Waals surface area contributed by atoms with E-state index in [-0.39, 0.29) is 60.1 Å². The number of allylic oxidation sites excluding steroid dienone is 2. The van der Waals surface area contributed by atoms with Gasteiger partial charge in [-0.15, -0.1) is 0 Å². The number of anilines is 2. The van der Waals surface area contributed by atoms with Crippen LogP contribution in [0.4, 0.5) is 11.4 Å². The highest BCUT2D eigenvalue weighted by molar-refractivity contribution is 6.22. The highest BCUT2D eigenvalue weighted by Crippen LogP contribution is 2.53. The lowest BCUT2D eigenvalue weighted by atomic mass is 9.85. The van der Waals surface area contributed by atoms with Crippen LogP contribution in [0.25, 0.3) is 0 Å². The van der Waals surface area contributed by atoms with Gasteiger partial charge >= 0.3 is 5.97 Å². The lowest BCUT2D eigenvalue weighted by molar-refractivity contribution is -0.139. The van der Waals surface area contributed by atoms with Gasteiger partial charge in [-0.2, -0.15) is 0 Å². The standard InChI is InChI=1S/C27H24N2O6/c1-34-20-9-7-18(8-10-20)28-14-17(12-22(28)30)27(33)35-21-4-2-3-19(13-21)29-25(31)23-15-5-6-16(11-15)24(23)26(29)32/h2-10,13,15-17,23-24H,11-12,14H2,1H3/t15-,16-,17-,23-,24-/m0/s1. The number of benzene rings is 2. The maximum atomic E-state index is 13.1. The molecular weight excluding hydrogens is 448 g/mol. The second-order valence-corrected chi connectivity index (χ2v) is 9.53. The van der Waals surface area contributed by atoms with Crippen LogP contribution >= 0.6 is 0 Å². The first kappa shape index (κ1) is 21.6. The summed E-state index contributed by atoms with van der Waals surface area (Å²) >= 11 is 0. The van der Waals surface area contributed by atoms with Gasteiger partial charge in [-0.1, -0.05) is 18.2 Å². The molecule has 6 rings (SSSR count). The van der Waals surface area contributed by atoms with Gasteiger partial charge in [0, 0.05) is 24.7 Å². The summed E-state index contributed by atoms with van der Waals surface area (Å²) in [7, 11) is 1.57. The number of methoxy groups -OCH3 is 1. The first-order chi connectivity index (χ1) is 16.9. The number of nitrogens with zero attached hydrogens (tertiary/aromatic N) is 2. The number of rotatable bonds is 5. The Balaban J connectivity index is 1.15. The summed E-state index contributed by atoms with van der Waals surface area (Å²) in [6.45, 7) is 0.214. The van der Waals surface area contributed by atoms with Crippen molar-refractivity contribution < 1.29 is 28.7 Å². The average molecular weight is 472 g/mol. The molecule has 1 saturated carbocycles. The topological polar surface area (TPSA) is 93.2 Å². The fourth-order valence-electron chi connectivity index (χ4n) is 5.92. The number of fused-ring (bicyclic) bond motifs is 5. The quantitative estimate of drug-likeness (QED) is 0.288. The third-order valence-electron chi connectivity index (χ3n) is 7.61. The zero-order valence-corrected chi connectivity index (χ0v) is 19.1. The minimum Gasteiger partial charge on any atom is -0.497 e. The molecular formula is C27H24N2O6. The van der Waals surface area contributed by atoms with E-state index in [0.29, 0.717) is 17.1 Å².